The Morgan fingerprint density at radius 3 is 2.72 bits per heavy atom. The molecular formula is C13H23Cl2N3. The van der Waals surface area contributed by atoms with Crippen LogP contribution in [0.25, 0.3) is 0 Å². The maximum Gasteiger partial charge on any atom is 0.0863 e. The lowest BCUT2D eigenvalue weighted by atomic mass is 10.1. The molecule has 0 saturated heterocycles. The van der Waals surface area contributed by atoms with E-state index < -0.39 is 0 Å². The fourth-order valence-electron chi connectivity index (χ4n) is 1.87. The molecule has 0 fully saturated rings. The Bertz CT molecular complexity index is 363. The monoisotopic (exact) mass is 291 g/mol. The molecule has 1 unspecified atom stereocenters. The van der Waals surface area contributed by atoms with Crippen molar-refractivity contribution < 1.29 is 0 Å². The molecular weight excluding hydrogens is 269 g/mol. The highest BCUT2D eigenvalue weighted by atomic mass is 35.5. The summed E-state index contributed by atoms with van der Waals surface area (Å²) in [5, 5.41) is 8.62. The summed E-state index contributed by atoms with van der Waals surface area (Å²) in [6, 6.07) is 0. The molecule has 1 N–H and O–H groups in total. The average Bonchev–Trinajstić information content (AvgIpc) is 2.64. The number of aryl methyl sites for hydroxylation is 2. The van der Waals surface area contributed by atoms with E-state index in [0.717, 1.165) is 54.6 Å². The zero-order valence-electron chi connectivity index (χ0n) is 11.5. The first-order valence-corrected chi connectivity index (χ1v) is 7.48. The van der Waals surface area contributed by atoms with Gasteiger partial charge in [0.1, 0.15) is 0 Å². The Labute approximate surface area is 120 Å². The van der Waals surface area contributed by atoms with Crippen molar-refractivity contribution in [2.45, 2.75) is 39.7 Å². The third-order valence-electron chi connectivity index (χ3n) is 3.11. The number of hydrogen-bond acceptors (Lipinski definition) is 2. The number of nitrogens with one attached hydrogen (secondary N) is 1. The number of halogens is 2. The Balaban J connectivity index is 2.33. The minimum Gasteiger partial charge on any atom is -0.311 e. The van der Waals surface area contributed by atoms with Gasteiger partial charge in [-0.05, 0) is 31.7 Å². The highest BCUT2D eigenvalue weighted by Crippen LogP contribution is 2.20. The summed E-state index contributed by atoms with van der Waals surface area (Å²) in [6.07, 6.45) is 3.18. The quantitative estimate of drug-likeness (QED) is 0.588. The molecule has 0 aliphatic carbocycles. The number of hydrogen-bond donors (Lipinski definition) is 1. The molecule has 1 aromatic rings. The lowest BCUT2D eigenvalue weighted by molar-refractivity contribution is 0.524. The maximum absolute atomic E-state index is 6.27. The normalized spacial score (nSPS) is 12.9. The van der Waals surface area contributed by atoms with E-state index in [0.29, 0.717) is 5.92 Å². The van der Waals surface area contributed by atoms with E-state index in [1.807, 2.05) is 11.7 Å². The molecule has 1 rings (SSSR count). The van der Waals surface area contributed by atoms with E-state index >= 15 is 0 Å². The van der Waals surface area contributed by atoms with Crippen LogP contribution in [0.3, 0.4) is 0 Å². The van der Waals surface area contributed by atoms with Gasteiger partial charge in [0.05, 0.1) is 16.4 Å². The minimum absolute atomic E-state index is 0.598. The Morgan fingerprint density at radius 1 is 1.44 bits per heavy atom. The van der Waals surface area contributed by atoms with Crippen molar-refractivity contribution in [1.29, 1.82) is 0 Å². The van der Waals surface area contributed by atoms with Crippen molar-refractivity contribution in [3.05, 3.63) is 16.4 Å². The van der Waals surface area contributed by atoms with Crippen LogP contribution >= 0.6 is 23.2 Å². The van der Waals surface area contributed by atoms with Crippen LogP contribution in [0.5, 0.6) is 0 Å². The van der Waals surface area contributed by atoms with E-state index in [1.54, 1.807) is 0 Å². The highest BCUT2D eigenvalue weighted by molar-refractivity contribution is 6.31. The van der Waals surface area contributed by atoms with Crippen LogP contribution in [0.1, 0.15) is 38.1 Å². The van der Waals surface area contributed by atoms with Gasteiger partial charge in [-0.15, -0.1) is 11.6 Å². The van der Waals surface area contributed by atoms with E-state index in [9.17, 15) is 0 Å². The minimum atomic E-state index is 0.598. The van der Waals surface area contributed by atoms with Gasteiger partial charge in [0, 0.05) is 19.5 Å². The second-order valence-electron chi connectivity index (χ2n) is 4.76. The predicted molar refractivity (Wildman–Crippen MR) is 78.4 cm³/mol. The number of nitrogens with zero attached hydrogens (tertiary/aromatic N) is 2. The first-order chi connectivity index (χ1) is 8.60. The van der Waals surface area contributed by atoms with Gasteiger partial charge in [-0.1, -0.05) is 25.4 Å². The number of alkyl halides is 1. The van der Waals surface area contributed by atoms with Crippen LogP contribution in [-0.2, 0) is 20.0 Å². The fraction of sp³-hybridized carbons (Fsp3) is 0.769. The van der Waals surface area contributed by atoms with Gasteiger partial charge in [0.2, 0.25) is 0 Å². The molecule has 1 atom stereocenters. The summed E-state index contributed by atoms with van der Waals surface area (Å²) in [5.41, 5.74) is 2.05. The summed E-state index contributed by atoms with van der Waals surface area (Å²) in [5.74, 6) is 1.34. The van der Waals surface area contributed by atoms with Gasteiger partial charge in [-0.3, -0.25) is 4.68 Å². The van der Waals surface area contributed by atoms with Crippen LogP contribution < -0.4 is 5.32 Å². The summed E-state index contributed by atoms with van der Waals surface area (Å²) in [6.45, 7) is 6.01. The molecule has 3 nitrogen and oxygen atoms in total. The highest BCUT2D eigenvalue weighted by Gasteiger charge is 2.11. The van der Waals surface area contributed by atoms with Crippen LogP contribution in [0.2, 0.25) is 5.02 Å². The molecule has 0 radical (unpaired) electrons. The molecule has 0 aliphatic heterocycles. The summed E-state index contributed by atoms with van der Waals surface area (Å²) >= 11 is 12.0. The average molecular weight is 292 g/mol. The maximum atomic E-state index is 6.27. The lowest BCUT2D eigenvalue weighted by Gasteiger charge is -2.08. The molecule has 0 saturated carbocycles. The van der Waals surface area contributed by atoms with Crippen molar-refractivity contribution in [2.75, 3.05) is 12.4 Å². The molecule has 5 heteroatoms. The topological polar surface area (TPSA) is 29.9 Å². The van der Waals surface area contributed by atoms with Crippen LogP contribution in [0.4, 0.5) is 0 Å². The van der Waals surface area contributed by atoms with Crippen molar-refractivity contribution in [2.24, 2.45) is 13.0 Å². The second-order valence-corrected chi connectivity index (χ2v) is 5.45. The van der Waals surface area contributed by atoms with E-state index in [4.69, 9.17) is 23.2 Å². The molecule has 18 heavy (non-hydrogen) atoms. The molecule has 0 amide bonds. The third-order valence-corrected chi connectivity index (χ3v) is 4.07. The standard InChI is InChI=1S/C13H23Cl2N3/c1-4-11-13(15)12(18(3)17-11)9-16-7-5-6-10(2)8-14/h10,16H,4-9H2,1-3H3. The molecule has 0 aromatic carbocycles. The van der Waals surface area contributed by atoms with Crippen LogP contribution in [0.15, 0.2) is 0 Å². The molecule has 1 heterocycles. The van der Waals surface area contributed by atoms with Gasteiger partial charge < -0.3 is 5.32 Å². The first-order valence-electron chi connectivity index (χ1n) is 6.57. The summed E-state index contributed by atoms with van der Waals surface area (Å²) in [7, 11) is 1.94. The third kappa shape index (κ3) is 4.45. The number of rotatable bonds is 8. The Kier molecular flexibility index (Phi) is 7.05. The molecule has 0 bridgehead atoms. The SMILES string of the molecule is CCc1nn(C)c(CNCCCC(C)CCl)c1Cl. The van der Waals surface area contributed by atoms with Crippen LogP contribution in [0, 0.1) is 5.92 Å². The Morgan fingerprint density at radius 2 is 2.17 bits per heavy atom. The zero-order valence-corrected chi connectivity index (χ0v) is 13.0. The predicted octanol–water partition coefficient (Wildman–Crippen LogP) is 3.38. The van der Waals surface area contributed by atoms with E-state index in [1.165, 1.54) is 0 Å². The van der Waals surface area contributed by atoms with Crippen LogP contribution in [-0.4, -0.2) is 22.2 Å². The smallest absolute Gasteiger partial charge is 0.0863 e. The van der Waals surface area contributed by atoms with Gasteiger partial charge in [0.25, 0.3) is 0 Å². The fourth-order valence-corrected chi connectivity index (χ4v) is 2.39. The van der Waals surface area contributed by atoms with E-state index in [-0.39, 0.29) is 0 Å². The van der Waals surface area contributed by atoms with Gasteiger partial charge in [0.15, 0.2) is 0 Å². The van der Waals surface area contributed by atoms with Crippen molar-refractivity contribution >= 4 is 23.2 Å². The largest absolute Gasteiger partial charge is 0.311 e. The van der Waals surface area contributed by atoms with Gasteiger partial charge >= 0.3 is 0 Å². The molecule has 104 valence electrons. The van der Waals surface area contributed by atoms with Crippen molar-refractivity contribution in [3.8, 4) is 0 Å². The lowest BCUT2D eigenvalue weighted by Crippen LogP contribution is -2.18. The molecule has 0 spiro atoms. The Hall–Kier alpha value is -0.250. The van der Waals surface area contributed by atoms with Gasteiger partial charge in [-0.2, -0.15) is 5.10 Å². The van der Waals surface area contributed by atoms with E-state index in [2.05, 4.69) is 24.3 Å². The number of aromatic nitrogens is 2. The zero-order chi connectivity index (χ0) is 13.5. The first kappa shape index (κ1) is 15.8. The molecule has 0 aliphatic rings. The van der Waals surface area contributed by atoms with Crippen molar-refractivity contribution in [1.82, 2.24) is 15.1 Å². The second kappa shape index (κ2) is 8.03. The van der Waals surface area contributed by atoms with Gasteiger partial charge in [-0.25, -0.2) is 0 Å². The molecule has 1 aromatic heterocycles. The van der Waals surface area contributed by atoms with Crippen molar-refractivity contribution in [3.63, 3.8) is 0 Å². The summed E-state index contributed by atoms with van der Waals surface area (Å²) in [4.78, 5) is 0. The summed E-state index contributed by atoms with van der Waals surface area (Å²) < 4.78 is 1.87.